The molecular weight excluding hydrogens is 314 g/mol. The lowest BCUT2D eigenvalue weighted by Gasteiger charge is -2.10. The minimum absolute atomic E-state index is 0.187. The molecule has 25 heavy (non-hydrogen) atoms. The molecule has 0 saturated heterocycles. The molecule has 2 heterocycles. The van der Waals surface area contributed by atoms with Crippen LogP contribution in [0.15, 0.2) is 35.0 Å². The quantitative estimate of drug-likeness (QED) is 0.767. The molecule has 0 aliphatic heterocycles. The van der Waals surface area contributed by atoms with Crippen molar-refractivity contribution in [1.29, 1.82) is 0 Å². The highest BCUT2D eigenvalue weighted by molar-refractivity contribution is 6.04. The molecule has 0 radical (unpaired) electrons. The maximum atomic E-state index is 12.6. The molecule has 0 bridgehead atoms. The molecule has 5 nitrogen and oxygen atoms in total. The Morgan fingerprint density at radius 3 is 2.96 bits per heavy atom. The number of nitrogens with one attached hydrogen (secondary N) is 1. The largest absolute Gasteiger partial charge is 0.360 e. The summed E-state index contributed by atoms with van der Waals surface area (Å²) < 4.78 is 7.59. The van der Waals surface area contributed by atoms with Crippen molar-refractivity contribution in [2.45, 2.75) is 46.1 Å². The number of aromatic nitrogens is 2. The summed E-state index contributed by atoms with van der Waals surface area (Å²) in [6, 6.07) is 8.11. The lowest BCUT2D eigenvalue weighted by molar-refractivity contribution is 0.101. The van der Waals surface area contributed by atoms with Crippen molar-refractivity contribution >= 4 is 22.5 Å². The Balaban J connectivity index is 1.56. The zero-order valence-electron chi connectivity index (χ0n) is 14.7. The second-order valence-electron chi connectivity index (χ2n) is 7.23. The van der Waals surface area contributed by atoms with E-state index < -0.39 is 0 Å². The molecule has 130 valence electrons. The van der Waals surface area contributed by atoms with E-state index in [1.165, 1.54) is 5.52 Å². The monoisotopic (exact) mass is 337 g/mol. The molecule has 1 aliphatic rings. The summed E-state index contributed by atoms with van der Waals surface area (Å²) in [6.07, 6.45) is 6.05. The van der Waals surface area contributed by atoms with Gasteiger partial charge in [-0.25, -0.2) is 0 Å². The average molecular weight is 337 g/mol. The molecule has 2 aromatic heterocycles. The van der Waals surface area contributed by atoms with Crippen LogP contribution in [0.2, 0.25) is 0 Å². The zero-order chi connectivity index (χ0) is 17.4. The maximum Gasteiger partial charge on any atom is 0.278 e. The van der Waals surface area contributed by atoms with Crippen LogP contribution in [0.4, 0.5) is 5.69 Å². The first kappa shape index (κ1) is 15.9. The van der Waals surface area contributed by atoms with Gasteiger partial charge in [-0.1, -0.05) is 19.0 Å². The minimum Gasteiger partial charge on any atom is -0.360 e. The van der Waals surface area contributed by atoms with E-state index in [1.807, 2.05) is 12.1 Å². The molecule has 1 aromatic carbocycles. The van der Waals surface area contributed by atoms with Gasteiger partial charge in [-0.15, -0.1) is 0 Å². The molecule has 0 saturated carbocycles. The van der Waals surface area contributed by atoms with Crippen molar-refractivity contribution in [3.63, 3.8) is 0 Å². The van der Waals surface area contributed by atoms with E-state index in [2.05, 4.69) is 47.2 Å². The van der Waals surface area contributed by atoms with Crippen LogP contribution >= 0.6 is 0 Å². The SMILES string of the molecule is CC(C)Cn1ccc2cc(NC(=O)c3noc4c3CCCC4)ccc21. The molecular formula is C20H23N3O2. The molecule has 4 rings (SSSR count). The van der Waals surface area contributed by atoms with Crippen LogP contribution in [0.5, 0.6) is 0 Å². The van der Waals surface area contributed by atoms with Gasteiger partial charge in [-0.2, -0.15) is 0 Å². The van der Waals surface area contributed by atoms with E-state index in [0.29, 0.717) is 11.6 Å². The number of aryl methyl sites for hydroxylation is 1. The van der Waals surface area contributed by atoms with Crippen molar-refractivity contribution in [2.75, 3.05) is 5.32 Å². The van der Waals surface area contributed by atoms with Gasteiger partial charge in [0.15, 0.2) is 5.69 Å². The predicted molar refractivity (Wildman–Crippen MR) is 97.9 cm³/mol. The summed E-state index contributed by atoms with van der Waals surface area (Å²) in [5.41, 5.74) is 3.39. The Morgan fingerprint density at radius 1 is 1.28 bits per heavy atom. The van der Waals surface area contributed by atoms with E-state index in [0.717, 1.165) is 54.6 Å². The molecule has 0 atom stereocenters. The van der Waals surface area contributed by atoms with Crippen molar-refractivity contribution in [2.24, 2.45) is 5.92 Å². The van der Waals surface area contributed by atoms with Gasteiger partial charge in [0.25, 0.3) is 5.91 Å². The lowest BCUT2D eigenvalue weighted by Crippen LogP contribution is -2.15. The normalized spacial score (nSPS) is 14.0. The molecule has 1 aliphatic carbocycles. The van der Waals surface area contributed by atoms with E-state index in [9.17, 15) is 4.79 Å². The number of anilines is 1. The zero-order valence-corrected chi connectivity index (χ0v) is 14.7. The third kappa shape index (κ3) is 3.06. The van der Waals surface area contributed by atoms with Crippen molar-refractivity contribution in [1.82, 2.24) is 9.72 Å². The van der Waals surface area contributed by atoms with Crippen LogP contribution in [-0.2, 0) is 19.4 Å². The summed E-state index contributed by atoms with van der Waals surface area (Å²) in [6.45, 7) is 5.40. The fourth-order valence-electron chi connectivity index (χ4n) is 3.58. The van der Waals surface area contributed by atoms with Crippen molar-refractivity contribution in [3.05, 3.63) is 47.5 Å². The minimum atomic E-state index is -0.187. The van der Waals surface area contributed by atoms with Gasteiger partial charge in [-0.05, 0) is 49.4 Å². The Kier molecular flexibility index (Phi) is 4.07. The number of carbonyl (C=O) groups is 1. The molecule has 3 aromatic rings. The van der Waals surface area contributed by atoms with Crippen molar-refractivity contribution in [3.8, 4) is 0 Å². The average Bonchev–Trinajstić information content (AvgIpc) is 3.18. The Labute approximate surface area is 147 Å². The van der Waals surface area contributed by atoms with E-state index in [-0.39, 0.29) is 5.91 Å². The van der Waals surface area contributed by atoms with Crippen LogP contribution in [0, 0.1) is 5.92 Å². The maximum absolute atomic E-state index is 12.6. The van der Waals surface area contributed by atoms with Crippen LogP contribution in [0.1, 0.15) is 48.5 Å². The smallest absolute Gasteiger partial charge is 0.278 e. The predicted octanol–water partition coefficient (Wildman–Crippen LogP) is 4.42. The number of hydrogen-bond donors (Lipinski definition) is 1. The third-order valence-corrected chi connectivity index (χ3v) is 4.76. The molecule has 1 amide bonds. The van der Waals surface area contributed by atoms with E-state index >= 15 is 0 Å². The van der Waals surface area contributed by atoms with Gasteiger partial charge in [0, 0.05) is 41.3 Å². The molecule has 5 heteroatoms. The summed E-state index contributed by atoms with van der Waals surface area (Å²) in [4.78, 5) is 12.6. The Bertz CT molecular complexity index is 920. The topological polar surface area (TPSA) is 60.1 Å². The summed E-state index contributed by atoms with van der Waals surface area (Å²) >= 11 is 0. The number of rotatable bonds is 4. The first-order valence-corrected chi connectivity index (χ1v) is 8.99. The Morgan fingerprint density at radius 2 is 2.12 bits per heavy atom. The first-order chi connectivity index (χ1) is 12.1. The fraction of sp³-hybridized carbons (Fsp3) is 0.400. The number of carbonyl (C=O) groups excluding carboxylic acids is 1. The van der Waals surface area contributed by atoms with Crippen LogP contribution in [0.25, 0.3) is 10.9 Å². The highest BCUT2D eigenvalue weighted by atomic mass is 16.5. The first-order valence-electron chi connectivity index (χ1n) is 8.99. The summed E-state index contributed by atoms with van der Waals surface area (Å²) in [7, 11) is 0. The van der Waals surface area contributed by atoms with Gasteiger partial charge in [0.1, 0.15) is 5.76 Å². The van der Waals surface area contributed by atoms with Crippen LogP contribution in [0.3, 0.4) is 0 Å². The molecule has 0 spiro atoms. The van der Waals surface area contributed by atoms with Gasteiger partial charge >= 0.3 is 0 Å². The number of fused-ring (bicyclic) bond motifs is 2. The van der Waals surface area contributed by atoms with Crippen LogP contribution < -0.4 is 5.32 Å². The fourth-order valence-corrected chi connectivity index (χ4v) is 3.58. The van der Waals surface area contributed by atoms with Gasteiger partial charge < -0.3 is 14.4 Å². The Hall–Kier alpha value is -2.56. The van der Waals surface area contributed by atoms with Gasteiger partial charge in [-0.3, -0.25) is 4.79 Å². The van der Waals surface area contributed by atoms with Gasteiger partial charge in [0.2, 0.25) is 0 Å². The third-order valence-electron chi connectivity index (χ3n) is 4.76. The standard InChI is InChI=1S/C20H23N3O2/c1-13(2)12-23-10-9-14-11-15(7-8-17(14)23)21-20(24)19-16-5-3-4-6-18(16)25-22-19/h7-11,13H,3-6,12H2,1-2H3,(H,21,24). The highest BCUT2D eigenvalue weighted by Crippen LogP contribution is 2.26. The second kappa shape index (κ2) is 6.39. The lowest BCUT2D eigenvalue weighted by atomic mass is 9.96. The number of amides is 1. The number of benzene rings is 1. The highest BCUT2D eigenvalue weighted by Gasteiger charge is 2.24. The van der Waals surface area contributed by atoms with Crippen molar-refractivity contribution < 1.29 is 9.32 Å². The summed E-state index contributed by atoms with van der Waals surface area (Å²) in [5.74, 6) is 1.28. The second-order valence-corrected chi connectivity index (χ2v) is 7.23. The van der Waals surface area contributed by atoms with E-state index in [4.69, 9.17) is 4.52 Å². The summed E-state index contributed by atoms with van der Waals surface area (Å²) in [5, 5.41) is 8.09. The number of nitrogens with zero attached hydrogens (tertiary/aromatic N) is 2. The molecule has 0 unspecified atom stereocenters. The molecule has 1 N–H and O–H groups in total. The van der Waals surface area contributed by atoms with Crippen LogP contribution in [-0.4, -0.2) is 15.6 Å². The van der Waals surface area contributed by atoms with Gasteiger partial charge in [0.05, 0.1) is 0 Å². The van der Waals surface area contributed by atoms with E-state index in [1.54, 1.807) is 0 Å². The number of hydrogen-bond acceptors (Lipinski definition) is 3. The molecule has 0 fully saturated rings.